The van der Waals surface area contributed by atoms with Crippen LogP contribution in [0.1, 0.15) is 58.3 Å². The van der Waals surface area contributed by atoms with Crippen molar-refractivity contribution in [2.24, 2.45) is 0 Å². The highest BCUT2D eigenvalue weighted by Crippen LogP contribution is 2.08. The standard InChI is InChI=1S/C12H27NO2/c1-2-3-4-5-6-7-8-9-12(15)13-10-11-14/h12-15H,2-11H2,1H3. The molecular weight excluding hydrogens is 190 g/mol. The Morgan fingerprint density at radius 3 is 2.20 bits per heavy atom. The minimum absolute atomic E-state index is 0.0913. The summed E-state index contributed by atoms with van der Waals surface area (Å²) in [6.45, 7) is 2.80. The first-order valence-corrected chi connectivity index (χ1v) is 6.33. The first-order chi connectivity index (χ1) is 7.31. The van der Waals surface area contributed by atoms with Crippen LogP contribution in [0.25, 0.3) is 0 Å². The maximum atomic E-state index is 9.40. The Kier molecular flexibility index (Phi) is 11.9. The molecule has 0 aromatic rings. The largest absolute Gasteiger partial charge is 0.395 e. The minimum Gasteiger partial charge on any atom is -0.395 e. The molecule has 0 radical (unpaired) electrons. The van der Waals surface area contributed by atoms with Gasteiger partial charge in [0.1, 0.15) is 6.23 Å². The highest BCUT2D eigenvalue weighted by Gasteiger charge is 2.01. The summed E-state index contributed by atoms with van der Waals surface area (Å²) in [6.07, 6.45) is 9.25. The molecule has 3 heteroatoms. The predicted molar refractivity (Wildman–Crippen MR) is 63.7 cm³/mol. The second kappa shape index (κ2) is 12.0. The smallest absolute Gasteiger partial charge is 0.104 e. The number of hydrogen-bond donors (Lipinski definition) is 3. The third-order valence-corrected chi connectivity index (χ3v) is 2.57. The molecule has 0 heterocycles. The quantitative estimate of drug-likeness (QED) is 0.366. The molecule has 92 valence electrons. The summed E-state index contributed by atoms with van der Waals surface area (Å²) in [7, 11) is 0. The van der Waals surface area contributed by atoms with Gasteiger partial charge in [0.25, 0.3) is 0 Å². The Balaban J connectivity index is 3.02. The third kappa shape index (κ3) is 11.8. The van der Waals surface area contributed by atoms with Crippen LogP contribution in [0, 0.1) is 0 Å². The first-order valence-electron chi connectivity index (χ1n) is 6.33. The Bertz CT molecular complexity index is 120. The fourth-order valence-electron chi connectivity index (χ4n) is 1.63. The Labute approximate surface area is 93.9 Å². The van der Waals surface area contributed by atoms with Gasteiger partial charge >= 0.3 is 0 Å². The van der Waals surface area contributed by atoms with E-state index in [1.807, 2.05) is 0 Å². The molecule has 3 N–H and O–H groups in total. The van der Waals surface area contributed by atoms with Gasteiger partial charge in [0.05, 0.1) is 6.61 Å². The molecule has 0 fully saturated rings. The summed E-state index contributed by atoms with van der Waals surface area (Å²) in [5.74, 6) is 0. The fraction of sp³-hybridized carbons (Fsp3) is 1.00. The van der Waals surface area contributed by atoms with E-state index in [4.69, 9.17) is 5.11 Å². The van der Waals surface area contributed by atoms with E-state index in [0.717, 1.165) is 12.8 Å². The fourth-order valence-corrected chi connectivity index (χ4v) is 1.63. The molecule has 0 amide bonds. The molecule has 1 unspecified atom stereocenters. The Morgan fingerprint density at radius 2 is 1.60 bits per heavy atom. The average molecular weight is 217 g/mol. The van der Waals surface area contributed by atoms with E-state index in [1.165, 1.54) is 38.5 Å². The van der Waals surface area contributed by atoms with Crippen molar-refractivity contribution < 1.29 is 10.2 Å². The lowest BCUT2D eigenvalue weighted by Crippen LogP contribution is -2.30. The van der Waals surface area contributed by atoms with Gasteiger partial charge in [0, 0.05) is 6.54 Å². The van der Waals surface area contributed by atoms with Crippen LogP contribution in [0.5, 0.6) is 0 Å². The topological polar surface area (TPSA) is 52.5 Å². The van der Waals surface area contributed by atoms with Crippen molar-refractivity contribution in [3.8, 4) is 0 Å². The number of aliphatic hydroxyl groups is 2. The Hall–Kier alpha value is -0.120. The van der Waals surface area contributed by atoms with Crippen molar-refractivity contribution >= 4 is 0 Å². The highest BCUT2D eigenvalue weighted by atomic mass is 16.3. The zero-order chi connectivity index (χ0) is 11.4. The van der Waals surface area contributed by atoms with E-state index in [-0.39, 0.29) is 6.61 Å². The van der Waals surface area contributed by atoms with Crippen LogP contribution < -0.4 is 5.32 Å². The van der Waals surface area contributed by atoms with Gasteiger partial charge in [-0.3, -0.25) is 5.32 Å². The number of nitrogens with one attached hydrogen (secondary N) is 1. The lowest BCUT2D eigenvalue weighted by atomic mass is 10.1. The minimum atomic E-state index is -0.437. The molecule has 0 aliphatic carbocycles. The van der Waals surface area contributed by atoms with Crippen LogP contribution in [-0.4, -0.2) is 29.6 Å². The van der Waals surface area contributed by atoms with Crippen molar-refractivity contribution in [3.63, 3.8) is 0 Å². The summed E-state index contributed by atoms with van der Waals surface area (Å²) in [6, 6.07) is 0. The summed E-state index contributed by atoms with van der Waals surface area (Å²) >= 11 is 0. The van der Waals surface area contributed by atoms with Crippen molar-refractivity contribution in [1.29, 1.82) is 0 Å². The zero-order valence-corrected chi connectivity index (χ0v) is 10.0. The molecule has 0 aliphatic heterocycles. The summed E-state index contributed by atoms with van der Waals surface area (Å²) in [5.41, 5.74) is 0. The van der Waals surface area contributed by atoms with Crippen molar-refractivity contribution in [2.75, 3.05) is 13.2 Å². The monoisotopic (exact) mass is 217 g/mol. The van der Waals surface area contributed by atoms with Crippen LogP contribution in [0.3, 0.4) is 0 Å². The van der Waals surface area contributed by atoms with E-state index in [0.29, 0.717) is 6.54 Å². The van der Waals surface area contributed by atoms with Crippen molar-refractivity contribution in [3.05, 3.63) is 0 Å². The third-order valence-electron chi connectivity index (χ3n) is 2.57. The number of rotatable bonds is 11. The SMILES string of the molecule is CCCCCCCCCC(O)NCCO. The molecule has 15 heavy (non-hydrogen) atoms. The first kappa shape index (κ1) is 14.9. The van der Waals surface area contributed by atoms with Gasteiger partial charge in [-0.25, -0.2) is 0 Å². The normalized spacial score (nSPS) is 13.0. The molecule has 0 saturated heterocycles. The van der Waals surface area contributed by atoms with Gasteiger partial charge < -0.3 is 10.2 Å². The van der Waals surface area contributed by atoms with Gasteiger partial charge in [0.15, 0.2) is 0 Å². The molecule has 0 bridgehead atoms. The predicted octanol–water partition coefficient (Wildman–Crippen LogP) is 2.03. The molecule has 1 atom stereocenters. The van der Waals surface area contributed by atoms with E-state index in [1.54, 1.807) is 0 Å². The Morgan fingerprint density at radius 1 is 1.00 bits per heavy atom. The molecule has 3 nitrogen and oxygen atoms in total. The second-order valence-electron chi connectivity index (χ2n) is 4.10. The molecule has 0 rings (SSSR count). The van der Waals surface area contributed by atoms with Gasteiger partial charge in [-0.2, -0.15) is 0 Å². The van der Waals surface area contributed by atoms with E-state index in [9.17, 15) is 5.11 Å². The lowest BCUT2D eigenvalue weighted by Gasteiger charge is -2.11. The van der Waals surface area contributed by atoms with Crippen LogP contribution >= 0.6 is 0 Å². The summed E-state index contributed by atoms with van der Waals surface area (Å²) < 4.78 is 0. The molecule has 0 aliphatic rings. The average Bonchev–Trinajstić information content (AvgIpc) is 2.25. The van der Waals surface area contributed by atoms with Crippen LogP contribution in [0.2, 0.25) is 0 Å². The maximum absolute atomic E-state index is 9.40. The summed E-state index contributed by atoms with van der Waals surface area (Å²) in [4.78, 5) is 0. The van der Waals surface area contributed by atoms with E-state index >= 15 is 0 Å². The number of unbranched alkanes of at least 4 members (excludes halogenated alkanes) is 6. The lowest BCUT2D eigenvalue weighted by molar-refractivity contribution is 0.116. The zero-order valence-electron chi connectivity index (χ0n) is 10.0. The van der Waals surface area contributed by atoms with Crippen LogP contribution in [0.4, 0.5) is 0 Å². The summed E-state index contributed by atoms with van der Waals surface area (Å²) in [5, 5.41) is 20.8. The van der Waals surface area contributed by atoms with Crippen molar-refractivity contribution in [1.82, 2.24) is 5.32 Å². The molecule has 0 aromatic heterocycles. The maximum Gasteiger partial charge on any atom is 0.104 e. The highest BCUT2D eigenvalue weighted by molar-refractivity contribution is 4.54. The van der Waals surface area contributed by atoms with Gasteiger partial charge in [-0.15, -0.1) is 0 Å². The van der Waals surface area contributed by atoms with Crippen molar-refractivity contribution in [2.45, 2.75) is 64.5 Å². The molecule has 0 spiro atoms. The number of aliphatic hydroxyl groups excluding tert-OH is 2. The van der Waals surface area contributed by atoms with E-state index in [2.05, 4.69) is 12.2 Å². The molecular formula is C12H27NO2. The van der Waals surface area contributed by atoms with Gasteiger partial charge in [-0.05, 0) is 12.8 Å². The molecule has 0 saturated carbocycles. The second-order valence-corrected chi connectivity index (χ2v) is 4.10. The van der Waals surface area contributed by atoms with Gasteiger partial charge in [0.2, 0.25) is 0 Å². The van der Waals surface area contributed by atoms with Gasteiger partial charge in [-0.1, -0.05) is 45.4 Å². The number of hydrogen-bond acceptors (Lipinski definition) is 3. The van der Waals surface area contributed by atoms with E-state index < -0.39 is 6.23 Å². The van der Waals surface area contributed by atoms with Crippen LogP contribution in [0.15, 0.2) is 0 Å². The molecule has 0 aromatic carbocycles. The van der Waals surface area contributed by atoms with Crippen LogP contribution in [-0.2, 0) is 0 Å².